The predicted molar refractivity (Wildman–Crippen MR) is 47.0 cm³/mol. The molecule has 0 saturated carbocycles. The van der Waals surface area contributed by atoms with E-state index in [0.717, 1.165) is 12.0 Å². The largest absolute Gasteiger partial charge is 0.508 e. The summed E-state index contributed by atoms with van der Waals surface area (Å²) >= 11 is 0. The van der Waals surface area contributed by atoms with Crippen LogP contribution >= 0.6 is 0 Å². The third kappa shape index (κ3) is 1.81. The van der Waals surface area contributed by atoms with E-state index in [1.165, 1.54) is 0 Å². The van der Waals surface area contributed by atoms with E-state index < -0.39 is 0 Å². The molecule has 0 unspecified atom stereocenters. The van der Waals surface area contributed by atoms with Crippen molar-refractivity contribution in [2.75, 3.05) is 0 Å². The second kappa shape index (κ2) is 3.85. The van der Waals surface area contributed by atoms with E-state index >= 15 is 0 Å². The number of rotatable bonds is 3. The number of hydrogen-bond donors (Lipinski definition) is 1. The summed E-state index contributed by atoms with van der Waals surface area (Å²) in [7, 11) is 0. The molecule has 0 fully saturated rings. The summed E-state index contributed by atoms with van der Waals surface area (Å²) < 4.78 is 0. The van der Waals surface area contributed by atoms with Gasteiger partial charge >= 0.3 is 0 Å². The molecule has 1 rings (SSSR count). The Balaban J connectivity index is 2.99. The van der Waals surface area contributed by atoms with Crippen LogP contribution in [0.1, 0.15) is 18.1 Å². The lowest BCUT2D eigenvalue weighted by Gasteiger charge is -2.02. The maximum atomic E-state index is 9.97. The van der Waals surface area contributed by atoms with Gasteiger partial charge in [-0.15, -0.1) is 0 Å². The van der Waals surface area contributed by atoms with Crippen LogP contribution < -0.4 is 0 Å². The number of nitroso groups, excluding NO2 is 1. The van der Waals surface area contributed by atoms with Crippen LogP contribution in [0.2, 0.25) is 0 Å². The van der Waals surface area contributed by atoms with Crippen LogP contribution in [0.15, 0.2) is 23.4 Å². The number of aromatic hydroxyl groups is 1. The smallest absolute Gasteiger partial charge is 0.120 e. The molecule has 0 radical (unpaired) electrons. The van der Waals surface area contributed by atoms with Crippen molar-refractivity contribution in [2.45, 2.75) is 19.9 Å². The van der Waals surface area contributed by atoms with Crippen molar-refractivity contribution in [1.29, 1.82) is 0 Å². The normalized spacial score (nSPS) is 9.75. The topological polar surface area (TPSA) is 49.7 Å². The molecule has 12 heavy (non-hydrogen) atoms. The Morgan fingerprint density at radius 1 is 1.50 bits per heavy atom. The molecular formula is C9H11NO2. The standard InChI is InChI=1S/C9H11NO2/c1-2-7-3-4-9(11)8(5-7)6-10-12/h3-5,11H,2,6H2,1H3. The van der Waals surface area contributed by atoms with E-state index in [-0.39, 0.29) is 12.3 Å². The number of phenolic OH excluding ortho intramolecular Hbond substituents is 1. The zero-order valence-corrected chi connectivity index (χ0v) is 6.95. The fourth-order valence-corrected chi connectivity index (χ4v) is 1.05. The number of benzene rings is 1. The molecule has 0 amide bonds. The SMILES string of the molecule is CCc1ccc(O)c(CN=O)c1. The summed E-state index contributed by atoms with van der Waals surface area (Å²) in [5, 5.41) is 12.0. The quantitative estimate of drug-likeness (QED) is 0.698. The van der Waals surface area contributed by atoms with Gasteiger partial charge in [-0.3, -0.25) is 0 Å². The fraction of sp³-hybridized carbons (Fsp3) is 0.333. The van der Waals surface area contributed by atoms with Gasteiger partial charge in [0, 0.05) is 5.56 Å². The van der Waals surface area contributed by atoms with Crippen molar-refractivity contribution in [2.24, 2.45) is 5.18 Å². The molecule has 64 valence electrons. The highest BCUT2D eigenvalue weighted by Gasteiger charge is 2.01. The maximum absolute atomic E-state index is 9.97. The molecular weight excluding hydrogens is 154 g/mol. The maximum Gasteiger partial charge on any atom is 0.120 e. The third-order valence-electron chi connectivity index (χ3n) is 1.79. The van der Waals surface area contributed by atoms with Crippen LogP contribution in [-0.4, -0.2) is 5.11 Å². The first-order chi connectivity index (χ1) is 5.77. The molecule has 0 atom stereocenters. The Morgan fingerprint density at radius 2 is 2.25 bits per heavy atom. The lowest BCUT2D eigenvalue weighted by molar-refractivity contribution is 0.468. The average Bonchev–Trinajstić information content (AvgIpc) is 2.09. The molecule has 0 heterocycles. The molecule has 3 heteroatoms. The van der Waals surface area contributed by atoms with Gasteiger partial charge in [-0.1, -0.05) is 24.2 Å². The van der Waals surface area contributed by atoms with Gasteiger partial charge in [-0.25, -0.2) is 0 Å². The first kappa shape index (κ1) is 8.71. The van der Waals surface area contributed by atoms with Crippen molar-refractivity contribution < 1.29 is 5.11 Å². The molecule has 0 spiro atoms. The molecule has 1 aromatic rings. The highest BCUT2D eigenvalue weighted by atomic mass is 16.3. The van der Waals surface area contributed by atoms with Crippen molar-refractivity contribution in [3.63, 3.8) is 0 Å². The Labute approximate surface area is 71.0 Å². The number of nitrogens with zero attached hydrogens (tertiary/aromatic N) is 1. The summed E-state index contributed by atoms with van der Waals surface area (Å²) in [6.45, 7) is 2.06. The molecule has 0 aromatic heterocycles. The van der Waals surface area contributed by atoms with Gasteiger partial charge in [-0.05, 0) is 18.1 Å². The van der Waals surface area contributed by atoms with Crippen molar-refractivity contribution in [1.82, 2.24) is 0 Å². The minimum Gasteiger partial charge on any atom is -0.508 e. The van der Waals surface area contributed by atoms with E-state index in [1.54, 1.807) is 12.1 Å². The van der Waals surface area contributed by atoms with E-state index in [9.17, 15) is 10.0 Å². The predicted octanol–water partition coefficient (Wildman–Crippen LogP) is 2.22. The molecule has 0 aliphatic carbocycles. The zero-order chi connectivity index (χ0) is 8.97. The zero-order valence-electron chi connectivity index (χ0n) is 6.95. The van der Waals surface area contributed by atoms with Crippen LogP contribution in [0.3, 0.4) is 0 Å². The molecule has 1 aromatic carbocycles. The Bertz CT molecular complexity index is 284. The van der Waals surface area contributed by atoms with Gasteiger partial charge in [0.1, 0.15) is 12.3 Å². The summed E-state index contributed by atoms with van der Waals surface area (Å²) in [4.78, 5) is 9.97. The van der Waals surface area contributed by atoms with Gasteiger partial charge < -0.3 is 5.11 Å². The molecule has 1 N–H and O–H groups in total. The van der Waals surface area contributed by atoms with Gasteiger partial charge in [0.2, 0.25) is 0 Å². The van der Waals surface area contributed by atoms with Crippen LogP contribution in [0.25, 0.3) is 0 Å². The van der Waals surface area contributed by atoms with E-state index in [0.29, 0.717) is 5.56 Å². The van der Waals surface area contributed by atoms with E-state index in [1.807, 2.05) is 13.0 Å². The Morgan fingerprint density at radius 3 is 2.83 bits per heavy atom. The van der Waals surface area contributed by atoms with Crippen molar-refractivity contribution >= 4 is 0 Å². The minimum absolute atomic E-state index is 0.0413. The number of phenols is 1. The highest BCUT2D eigenvalue weighted by molar-refractivity contribution is 5.36. The van der Waals surface area contributed by atoms with Crippen LogP contribution in [-0.2, 0) is 13.0 Å². The first-order valence-electron chi connectivity index (χ1n) is 3.87. The van der Waals surface area contributed by atoms with Crippen molar-refractivity contribution in [3.05, 3.63) is 34.2 Å². The number of aryl methyl sites for hydroxylation is 1. The van der Waals surface area contributed by atoms with Gasteiger partial charge in [0.15, 0.2) is 0 Å². The van der Waals surface area contributed by atoms with Crippen LogP contribution in [0, 0.1) is 4.91 Å². The first-order valence-corrected chi connectivity index (χ1v) is 3.87. The summed E-state index contributed by atoms with van der Waals surface area (Å²) in [5.41, 5.74) is 1.70. The average molecular weight is 165 g/mol. The molecule has 3 nitrogen and oxygen atoms in total. The van der Waals surface area contributed by atoms with Crippen LogP contribution in [0.4, 0.5) is 0 Å². The second-order valence-corrected chi connectivity index (χ2v) is 2.60. The van der Waals surface area contributed by atoms with Gasteiger partial charge in [0.05, 0.1) is 0 Å². The molecule has 0 aliphatic heterocycles. The molecule has 0 saturated heterocycles. The lowest BCUT2D eigenvalue weighted by atomic mass is 10.1. The van der Waals surface area contributed by atoms with Crippen molar-refractivity contribution in [3.8, 4) is 5.75 Å². The minimum atomic E-state index is 0.0413. The Kier molecular flexibility index (Phi) is 2.80. The lowest BCUT2D eigenvalue weighted by Crippen LogP contribution is -1.86. The summed E-state index contributed by atoms with van der Waals surface area (Å²) in [5.74, 6) is 0.145. The summed E-state index contributed by atoms with van der Waals surface area (Å²) in [6.07, 6.45) is 0.895. The number of hydrogen-bond acceptors (Lipinski definition) is 3. The van der Waals surface area contributed by atoms with E-state index in [2.05, 4.69) is 5.18 Å². The summed E-state index contributed by atoms with van der Waals surface area (Å²) in [6, 6.07) is 5.24. The van der Waals surface area contributed by atoms with Gasteiger partial charge in [0.25, 0.3) is 0 Å². The van der Waals surface area contributed by atoms with Crippen LogP contribution in [0.5, 0.6) is 5.75 Å². The van der Waals surface area contributed by atoms with E-state index in [4.69, 9.17) is 0 Å². The third-order valence-corrected chi connectivity index (χ3v) is 1.79. The fourth-order valence-electron chi connectivity index (χ4n) is 1.05. The highest BCUT2D eigenvalue weighted by Crippen LogP contribution is 2.19. The molecule has 0 aliphatic rings. The molecule has 0 bridgehead atoms. The Hall–Kier alpha value is -1.38. The van der Waals surface area contributed by atoms with Gasteiger partial charge in [-0.2, -0.15) is 4.91 Å². The monoisotopic (exact) mass is 165 g/mol. The second-order valence-electron chi connectivity index (χ2n) is 2.60.